The molecule has 18 heavy (non-hydrogen) atoms. The topological polar surface area (TPSA) is 39.2 Å². The van der Waals surface area contributed by atoms with Crippen LogP contribution in [0.5, 0.6) is 0 Å². The number of fused-ring (bicyclic) bond motifs is 1. The zero-order chi connectivity index (χ0) is 13.3. The fourth-order valence-corrected chi connectivity index (χ4v) is 2.41. The van der Waals surface area contributed by atoms with Crippen LogP contribution < -0.4 is 0 Å². The van der Waals surface area contributed by atoms with Crippen LogP contribution >= 0.6 is 0 Å². The Morgan fingerprint density at radius 1 is 1.22 bits per heavy atom. The lowest BCUT2D eigenvalue weighted by Gasteiger charge is -2.12. The summed E-state index contributed by atoms with van der Waals surface area (Å²) in [6.45, 7) is 9.01. The summed E-state index contributed by atoms with van der Waals surface area (Å²) < 4.78 is 5.19. The molecule has 98 valence electrons. The minimum atomic E-state index is -0.173. The largest absolute Gasteiger partial charge is 0.457 e. The second kappa shape index (κ2) is 5.09. The summed E-state index contributed by atoms with van der Waals surface area (Å²) in [5.41, 5.74) is 3.87. The summed E-state index contributed by atoms with van der Waals surface area (Å²) in [7, 11) is 0. The monoisotopic (exact) mass is 247 g/mol. The molecule has 0 amide bonds. The van der Waals surface area contributed by atoms with Gasteiger partial charge >= 0.3 is 5.97 Å². The van der Waals surface area contributed by atoms with Crippen LogP contribution in [-0.2, 0) is 24.2 Å². The van der Waals surface area contributed by atoms with Gasteiger partial charge in [0.2, 0.25) is 0 Å². The fourth-order valence-electron chi connectivity index (χ4n) is 2.41. The summed E-state index contributed by atoms with van der Waals surface area (Å²) in [5.74, 6) is 0.876. The first-order valence-corrected chi connectivity index (χ1v) is 6.65. The van der Waals surface area contributed by atoms with E-state index in [0.29, 0.717) is 18.4 Å². The van der Waals surface area contributed by atoms with Crippen LogP contribution in [0.3, 0.4) is 0 Å². The first-order chi connectivity index (χ1) is 8.49. The summed E-state index contributed by atoms with van der Waals surface area (Å²) in [5, 5.41) is 0. The maximum absolute atomic E-state index is 11.9. The number of aromatic nitrogens is 1. The van der Waals surface area contributed by atoms with Crippen molar-refractivity contribution in [1.29, 1.82) is 0 Å². The average Bonchev–Trinajstić information content (AvgIpc) is 2.64. The maximum atomic E-state index is 11.9. The second-order valence-electron chi connectivity index (χ2n) is 5.86. The molecule has 1 aliphatic heterocycles. The van der Waals surface area contributed by atoms with E-state index in [4.69, 9.17) is 4.74 Å². The van der Waals surface area contributed by atoms with E-state index in [9.17, 15) is 4.79 Å². The van der Waals surface area contributed by atoms with Gasteiger partial charge in [-0.25, -0.2) is 4.79 Å². The summed E-state index contributed by atoms with van der Waals surface area (Å²) in [6.07, 6.45) is 3.65. The number of nitrogens with zero attached hydrogens (tertiary/aromatic N) is 1. The maximum Gasteiger partial charge on any atom is 0.339 e. The Bertz CT molecular complexity index is 464. The Balaban J connectivity index is 2.42. The Morgan fingerprint density at radius 2 is 1.89 bits per heavy atom. The average molecular weight is 247 g/mol. The molecule has 2 rings (SSSR count). The van der Waals surface area contributed by atoms with Crippen molar-refractivity contribution in [2.24, 2.45) is 11.8 Å². The van der Waals surface area contributed by atoms with Gasteiger partial charge in [-0.2, -0.15) is 0 Å². The van der Waals surface area contributed by atoms with Crippen molar-refractivity contribution < 1.29 is 9.53 Å². The van der Waals surface area contributed by atoms with E-state index in [0.717, 1.165) is 35.2 Å². The van der Waals surface area contributed by atoms with Gasteiger partial charge in [0.1, 0.15) is 6.61 Å². The number of carbonyl (C=O) groups excluding carboxylic acids is 1. The number of cyclic esters (lactones) is 1. The van der Waals surface area contributed by atoms with Crippen molar-refractivity contribution in [2.75, 3.05) is 0 Å². The lowest BCUT2D eigenvalue weighted by molar-refractivity contribution is 0.0534. The minimum Gasteiger partial charge on any atom is -0.457 e. The predicted molar refractivity (Wildman–Crippen MR) is 70.4 cm³/mol. The van der Waals surface area contributed by atoms with Crippen LogP contribution in [0.4, 0.5) is 0 Å². The Labute approximate surface area is 109 Å². The molecule has 0 spiro atoms. The molecule has 0 aliphatic carbocycles. The first-order valence-electron chi connectivity index (χ1n) is 6.65. The van der Waals surface area contributed by atoms with Crippen LogP contribution in [0, 0.1) is 11.8 Å². The molecular weight excluding hydrogens is 226 g/mol. The lowest BCUT2D eigenvalue weighted by atomic mass is 9.94. The molecule has 0 unspecified atom stereocenters. The molecule has 0 saturated carbocycles. The normalized spacial score (nSPS) is 14.2. The predicted octanol–water partition coefficient (Wildman–Crippen LogP) is 3.15. The highest BCUT2D eigenvalue weighted by atomic mass is 16.5. The van der Waals surface area contributed by atoms with Crippen LogP contribution in [0.2, 0.25) is 0 Å². The van der Waals surface area contributed by atoms with Crippen molar-refractivity contribution in [1.82, 2.24) is 4.98 Å². The quantitative estimate of drug-likeness (QED) is 0.767. The summed E-state index contributed by atoms with van der Waals surface area (Å²) in [6, 6.07) is 0. The van der Waals surface area contributed by atoms with Gasteiger partial charge in [0.05, 0.1) is 5.56 Å². The summed E-state index contributed by atoms with van der Waals surface area (Å²) >= 11 is 0. The highest BCUT2D eigenvalue weighted by molar-refractivity contribution is 5.95. The molecule has 2 heterocycles. The van der Waals surface area contributed by atoms with Crippen molar-refractivity contribution in [3.8, 4) is 0 Å². The van der Waals surface area contributed by atoms with Crippen LogP contribution in [0.25, 0.3) is 0 Å². The SMILES string of the molecule is CC(C)Cc1cnc(CC(C)C)c2c1C(=O)OC2. The van der Waals surface area contributed by atoms with Gasteiger partial charge in [-0.05, 0) is 30.2 Å². The molecule has 3 heteroatoms. The fraction of sp³-hybridized carbons (Fsp3) is 0.600. The number of rotatable bonds is 4. The van der Waals surface area contributed by atoms with Crippen LogP contribution in [0.1, 0.15) is 54.9 Å². The van der Waals surface area contributed by atoms with E-state index >= 15 is 0 Å². The van der Waals surface area contributed by atoms with E-state index in [1.54, 1.807) is 0 Å². The third-order valence-corrected chi connectivity index (χ3v) is 3.13. The van der Waals surface area contributed by atoms with Crippen molar-refractivity contribution in [3.63, 3.8) is 0 Å². The number of hydrogen-bond donors (Lipinski definition) is 0. The number of esters is 1. The minimum absolute atomic E-state index is 0.173. The molecule has 1 aromatic rings. The van der Waals surface area contributed by atoms with Gasteiger partial charge in [0.25, 0.3) is 0 Å². The van der Waals surface area contributed by atoms with E-state index in [1.807, 2.05) is 6.20 Å². The van der Waals surface area contributed by atoms with Gasteiger partial charge < -0.3 is 4.74 Å². The van der Waals surface area contributed by atoms with E-state index in [-0.39, 0.29) is 5.97 Å². The molecule has 0 aromatic carbocycles. The molecular formula is C15H21NO2. The van der Waals surface area contributed by atoms with Crippen LogP contribution in [-0.4, -0.2) is 11.0 Å². The molecule has 0 N–H and O–H groups in total. The molecule has 3 nitrogen and oxygen atoms in total. The molecule has 1 aromatic heterocycles. The van der Waals surface area contributed by atoms with Gasteiger partial charge in [-0.1, -0.05) is 27.7 Å². The zero-order valence-corrected chi connectivity index (χ0v) is 11.6. The number of ether oxygens (including phenoxy) is 1. The Kier molecular flexibility index (Phi) is 3.69. The van der Waals surface area contributed by atoms with Crippen LogP contribution in [0.15, 0.2) is 6.20 Å². The van der Waals surface area contributed by atoms with E-state index in [1.165, 1.54) is 0 Å². The van der Waals surface area contributed by atoms with Gasteiger partial charge in [-0.3, -0.25) is 4.98 Å². The third kappa shape index (κ3) is 2.55. The van der Waals surface area contributed by atoms with Gasteiger partial charge in [0.15, 0.2) is 0 Å². The second-order valence-corrected chi connectivity index (χ2v) is 5.86. The number of carbonyl (C=O) groups is 1. The van der Waals surface area contributed by atoms with E-state index in [2.05, 4.69) is 32.7 Å². The van der Waals surface area contributed by atoms with Gasteiger partial charge in [-0.15, -0.1) is 0 Å². The smallest absolute Gasteiger partial charge is 0.339 e. The lowest BCUT2D eigenvalue weighted by Crippen LogP contribution is -2.09. The zero-order valence-electron chi connectivity index (χ0n) is 11.6. The molecule has 0 saturated heterocycles. The van der Waals surface area contributed by atoms with Crippen molar-refractivity contribution in [2.45, 2.75) is 47.1 Å². The number of pyridine rings is 1. The molecule has 0 atom stereocenters. The molecule has 0 bridgehead atoms. The Hall–Kier alpha value is -1.38. The van der Waals surface area contributed by atoms with Crippen molar-refractivity contribution in [3.05, 3.63) is 28.6 Å². The van der Waals surface area contributed by atoms with E-state index < -0.39 is 0 Å². The molecule has 0 radical (unpaired) electrons. The Morgan fingerprint density at radius 3 is 2.50 bits per heavy atom. The summed E-state index contributed by atoms with van der Waals surface area (Å²) in [4.78, 5) is 16.4. The van der Waals surface area contributed by atoms with Gasteiger partial charge in [0, 0.05) is 17.5 Å². The van der Waals surface area contributed by atoms with Crippen molar-refractivity contribution >= 4 is 5.97 Å². The number of hydrogen-bond acceptors (Lipinski definition) is 3. The molecule has 1 aliphatic rings. The highest BCUT2D eigenvalue weighted by Crippen LogP contribution is 2.28. The molecule has 0 fully saturated rings. The first kappa shape index (κ1) is 13.1. The highest BCUT2D eigenvalue weighted by Gasteiger charge is 2.28. The third-order valence-electron chi connectivity index (χ3n) is 3.13. The standard InChI is InChI=1S/C15H21NO2/c1-9(2)5-11-7-16-13(6-10(3)4)12-8-18-15(17)14(11)12/h7,9-10H,5-6,8H2,1-4H3.